The van der Waals surface area contributed by atoms with E-state index in [1.54, 1.807) is 0 Å². The van der Waals surface area contributed by atoms with Gasteiger partial charge in [-0.2, -0.15) is 4.98 Å². The van der Waals surface area contributed by atoms with Crippen LogP contribution in [0.3, 0.4) is 0 Å². The standard InChI is InChI=1S/C8H12ClNO2/c1-2-3-4-11-8-10-7(5-9)6-12-8/h6H,2-5H2,1H3. The zero-order valence-electron chi connectivity index (χ0n) is 7.05. The fourth-order valence-corrected chi connectivity index (χ4v) is 0.843. The number of aromatic nitrogens is 1. The van der Waals surface area contributed by atoms with Crippen LogP contribution < -0.4 is 4.74 Å². The van der Waals surface area contributed by atoms with Gasteiger partial charge in [0, 0.05) is 0 Å². The highest BCUT2D eigenvalue weighted by molar-refractivity contribution is 6.16. The number of hydrogen-bond acceptors (Lipinski definition) is 3. The van der Waals surface area contributed by atoms with Gasteiger partial charge in [-0.3, -0.25) is 0 Å². The molecule has 0 fully saturated rings. The first kappa shape index (κ1) is 9.39. The molecular formula is C8H12ClNO2. The minimum absolute atomic E-state index is 0.319. The minimum Gasteiger partial charge on any atom is -0.450 e. The third-order valence-corrected chi connectivity index (χ3v) is 1.66. The van der Waals surface area contributed by atoms with Gasteiger partial charge in [-0.25, -0.2) is 0 Å². The Balaban J connectivity index is 2.31. The third kappa shape index (κ3) is 2.74. The Bertz CT molecular complexity index is 225. The Morgan fingerprint density at radius 2 is 2.50 bits per heavy atom. The largest absolute Gasteiger partial charge is 0.450 e. The van der Waals surface area contributed by atoms with Gasteiger partial charge in [0.25, 0.3) is 0 Å². The van der Waals surface area contributed by atoms with E-state index in [0.29, 0.717) is 24.3 Å². The summed E-state index contributed by atoms with van der Waals surface area (Å²) in [6, 6.07) is 0. The lowest BCUT2D eigenvalue weighted by atomic mass is 10.4. The molecule has 0 N–H and O–H groups in total. The van der Waals surface area contributed by atoms with E-state index in [-0.39, 0.29) is 0 Å². The summed E-state index contributed by atoms with van der Waals surface area (Å²) < 4.78 is 10.2. The molecule has 68 valence electrons. The summed E-state index contributed by atoms with van der Waals surface area (Å²) in [5, 5.41) is 0. The summed E-state index contributed by atoms with van der Waals surface area (Å²) in [5.74, 6) is 0.362. The Hall–Kier alpha value is -0.700. The maximum absolute atomic E-state index is 5.52. The topological polar surface area (TPSA) is 35.3 Å². The fraction of sp³-hybridized carbons (Fsp3) is 0.625. The lowest BCUT2D eigenvalue weighted by Crippen LogP contribution is -1.96. The van der Waals surface area contributed by atoms with Gasteiger partial charge in [0.2, 0.25) is 0 Å². The van der Waals surface area contributed by atoms with Crippen LogP contribution >= 0.6 is 11.6 Å². The van der Waals surface area contributed by atoms with Crippen molar-refractivity contribution >= 4 is 11.6 Å². The average molecular weight is 190 g/mol. The van der Waals surface area contributed by atoms with Gasteiger partial charge in [0.1, 0.15) is 6.26 Å². The van der Waals surface area contributed by atoms with Crippen LogP contribution in [0.5, 0.6) is 6.08 Å². The molecule has 0 unspecified atom stereocenters. The summed E-state index contributed by atoms with van der Waals surface area (Å²) in [6.07, 6.45) is 3.94. The van der Waals surface area contributed by atoms with Gasteiger partial charge < -0.3 is 9.15 Å². The van der Waals surface area contributed by atoms with Crippen LogP contribution in [0, 0.1) is 0 Å². The van der Waals surface area contributed by atoms with Crippen molar-refractivity contribution in [3.05, 3.63) is 12.0 Å². The smallest absolute Gasteiger partial charge is 0.393 e. The van der Waals surface area contributed by atoms with Crippen molar-refractivity contribution in [1.82, 2.24) is 4.98 Å². The van der Waals surface area contributed by atoms with E-state index < -0.39 is 0 Å². The quantitative estimate of drug-likeness (QED) is 0.528. The molecule has 4 heteroatoms. The highest BCUT2D eigenvalue weighted by atomic mass is 35.5. The van der Waals surface area contributed by atoms with Crippen molar-refractivity contribution in [3.63, 3.8) is 0 Å². The van der Waals surface area contributed by atoms with E-state index in [1.165, 1.54) is 6.26 Å². The van der Waals surface area contributed by atoms with Gasteiger partial charge in [0.15, 0.2) is 0 Å². The molecule has 0 bridgehead atoms. The summed E-state index contributed by atoms with van der Waals surface area (Å²) in [7, 11) is 0. The first-order valence-corrected chi connectivity index (χ1v) is 4.53. The Morgan fingerprint density at radius 1 is 1.67 bits per heavy atom. The molecule has 0 amide bonds. The summed E-state index contributed by atoms with van der Waals surface area (Å²) >= 11 is 5.52. The van der Waals surface area contributed by atoms with Gasteiger partial charge in [-0.05, 0) is 6.42 Å². The van der Waals surface area contributed by atoms with Crippen LogP contribution in [-0.4, -0.2) is 11.6 Å². The van der Waals surface area contributed by atoms with Crippen molar-refractivity contribution in [2.45, 2.75) is 25.6 Å². The molecule has 0 aliphatic heterocycles. The molecule has 0 aliphatic carbocycles. The van der Waals surface area contributed by atoms with E-state index in [2.05, 4.69) is 11.9 Å². The van der Waals surface area contributed by atoms with E-state index in [9.17, 15) is 0 Å². The highest BCUT2D eigenvalue weighted by Gasteiger charge is 2.02. The molecule has 0 atom stereocenters. The van der Waals surface area contributed by atoms with Crippen molar-refractivity contribution in [2.24, 2.45) is 0 Å². The highest BCUT2D eigenvalue weighted by Crippen LogP contribution is 2.11. The fourth-order valence-electron chi connectivity index (χ4n) is 0.720. The maximum atomic E-state index is 5.52. The summed E-state index contributed by atoms with van der Waals surface area (Å²) in [4.78, 5) is 3.98. The molecule has 0 spiro atoms. The van der Waals surface area contributed by atoms with Gasteiger partial charge >= 0.3 is 6.08 Å². The first-order chi connectivity index (χ1) is 5.86. The molecule has 1 rings (SSSR count). The lowest BCUT2D eigenvalue weighted by Gasteiger charge is -1.97. The number of unbranched alkanes of at least 4 members (excludes halogenated alkanes) is 1. The van der Waals surface area contributed by atoms with E-state index >= 15 is 0 Å². The molecule has 1 aromatic rings. The number of nitrogens with zero attached hydrogens (tertiary/aromatic N) is 1. The predicted molar refractivity (Wildman–Crippen MR) is 46.5 cm³/mol. The molecule has 0 saturated carbocycles. The van der Waals surface area contributed by atoms with Crippen LogP contribution in [0.25, 0.3) is 0 Å². The first-order valence-electron chi connectivity index (χ1n) is 4.00. The summed E-state index contributed by atoms with van der Waals surface area (Å²) in [6.45, 7) is 2.75. The molecule has 0 aliphatic rings. The lowest BCUT2D eigenvalue weighted by molar-refractivity contribution is 0.226. The minimum atomic E-state index is 0.319. The van der Waals surface area contributed by atoms with E-state index in [1.807, 2.05) is 0 Å². The average Bonchev–Trinajstić information content (AvgIpc) is 2.53. The van der Waals surface area contributed by atoms with Crippen LogP contribution in [0.4, 0.5) is 0 Å². The number of ether oxygens (including phenoxy) is 1. The van der Waals surface area contributed by atoms with Gasteiger partial charge in [-0.15, -0.1) is 11.6 Å². The number of alkyl halides is 1. The van der Waals surface area contributed by atoms with Crippen LogP contribution in [0.15, 0.2) is 10.7 Å². The monoisotopic (exact) mass is 189 g/mol. The molecule has 3 nitrogen and oxygen atoms in total. The SMILES string of the molecule is CCCCOc1nc(CCl)co1. The predicted octanol–water partition coefficient (Wildman–Crippen LogP) is 2.59. The van der Waals surface area contributed by atoms with Crippen LogP contribution in [-0.2, 0) is 5.88 Å². The number of hydrogen-bond donors (Lipinski definition) is 0. The Kier molecular flexibility index (Phi) is 3.94. The zero-order chi connectivity index (χ0) is 8.81. The van der Waals surface area contributed by atoms with Gasteiger partial charge in [0.05, 0.1) is 18.2 Å². The van der Waals surface area contributed by atoms with Crippen LogP contribution in [0.2, 0.25) is 0 Å². The molecule has 1 aromatic heterocycles. The summed E-state index contributed by atoms with van der Waals surface area (Å²) in [5.41, 5.74) is 0.711. The molecule has 0 radical (unpaired) electrons. The molecular weight excluding hydrogens is 178 g/mol. The van der Waals surface area contributed by atoms with E-state index in [0.717, 1.165) is 12.8 Å². The Labute approximate surface area is 76.7 Å². The van der Waals surface area contributed by atoms with Crippen molar-refractivity contribution in [1.29, 1.82) is 0 Å². The number of rotatable bonds is 5. The Morgan fingerprint density at radius 3 is 3.08 bits per heavy atom. The maximum Gasteiger partial charge on any atom is 0.393 e. The van der Waals surface area contributed by atoms with Crippen molar-refractivity contribution < 1.29 is 9.15 Å². The third-order valence-electron chi connectivity index (χ3n) is 1.39. The van der Waals surface area contributed by atoms with Crippen molar-refractivity contribution in [2.75, 3.05) is 6.61 Å². The molecule has 0 aromatic carbocycles. The molecule has 12 heavy (non-hydrogen) atoms. The number of oxazole rings is 1. The second-order valence-corrected chi connectivity index (χ2v) is 2.71. The zero-order valence-corrected chi connectivity index (χ0v) is 7.80. The molecule has 0 saturated heterocycles. The second kappa shape index (κ2) is 5.04. The molecule has 1 heterocycles. The number of halogens is 1. The van der Waals surface area contributed by atoms with E-state index in [4.69, 9.17) is 20.8 Å². The van der Waals surface area contributed by atoms with Crippen LogP contribution in [0.1, 0.15) is 25.5 Å². The second-order valence-electron chi connectivity index (χ2n) is 2.44. The van der Waals surface area contributed by atoms with Crippen molar-refractivity contribution in [3.8, 4) is 6.08 Å². The normalized spacial score (nSPS) is 10.2. The van der Waals surface area contributed by atoms with Gasteiger partial charge in [-0.1, -0.05) is 13.3 Å².